The molecule has 4 heteroatoms. The van der Waals surface area contributed by atoms with E-state index in [1.165, 1.54) is 0 Å². The normalized spacial score (nSPS) is 17.0. The first-order valence-corrected chi connectivity index (χ1v) is 4.90. The lowest BCUT2D eigenvalue weighted by atomic mass is 10.3. The van der Waals surface area contributed by atoms with Gasteiger partial charge in [0.05, 0.1) is 12.2 Å². The zero-order valence-corrected chi connectivity index (χ0v) is 8.03. The molecule has 1 radical (unpaired) electrons. The van der Waals surface area contributed by atoms with Crippen molar-refractivity contribution in [3.8, 4) is 5.75 Å². The Kier molecular flexibility index (Phi) is 2.84. The van der Waals surface area contributed by atoms with Gasteiger partial charge in [-0.2, -0.15) is 0 Å². The summed E-state index contributed by atoms with van der Waals surface area (Å²) < 4.78 is 43.4. The van der Waals surface area contributed by atoms with Crippen molar-refractivity contribution in [2.45, 2.75) is 31.8 Å². The third-order valence-corrected chi connectivity index (χ3v) is 2.49. The van der Waals surface area contributed by atoms with Crippen molar-refractivity contribution in [3.05, 3.63) is 29.6 Å². The van der Waals surface area contributed by atoms with Crippen LogP contribution in [0.4, 0.5) is 13.2 Å². The first-order chi connectivity index (χ1) is 7.16. The molecule has 1 aromatic rings. The highest BCUT2D eigenvalue weighted by Gasteiger charge is 2.19. The molecule has 0 aliphatic heterocycles. The van der Waals surface area contributed by atoms with Gasteiger partial charge in [0.15, 0.2) is 17.5 Å². The van der Waals surface area contributed by atoms with E-state index in [1.54, 1.807) is 0 Å². The topological polar surface area (TPSA) is 9.23 Å². The Hall–Kier alpha value is -1.19. The van der Waals surface area contributed by atoms with Crippen LogP contribution in [0.25, 0.3) is 0 Å². The highest BCUT2D eigenvalue weighted by Crippen LogP contribution is 2.25. The zero-order valence-electron chi connectivity index (χ0n) is 8.03. The molecule has 2 rings (SSSR count). The third-order valence-electron chi connectivity index (χ3n) is 2.49. The van der Waals surface area contributed by atoms with E-state index in [0.29, 0.717) is 0 Å². The summed E-state index contributed by atoms with van der Waals surface area (Å²) in [6.07, 6.45) is 3.82. The number of ether oxygens (including phenoxy) is 1. The maximum absolute atomic E-state index is 12.8. The molecule has 1 fully saturated rings. The molecule has 0 saturated heterocycles. The maximum Gasteiger partial charge on any atom is 0.195 e. The molecular weight excluding hydrogens is 205 g/mol. The van der Waals surface area contributed by atoms with Gasteiger partial charge in [-0.25, -0.2) is 13.2 Å². The van der Waals surface area contributed by atoms with Crippen LogP contribution in [-0.4, -0.2) is 6.10 Å². The highest BCUT2D eigenvalue weighted by atomic mass is 19.2. The van der Waals surface area contributed by atoms with Gasteiger partial charge in [0.1, 0.15) is 5.75 Å². The Bertz CT molecular complexity index is 336. The summed E-state index contributed by atoms with van der Waals surface area (Å²) in [5.41, 5.74) is 0. The second-order valence-electron chi connectivity index (χ2n) is 3.63. The fourth-order valence-electron chi connectivity index (χ4n) is 1.73. The van der Waals surface area contributed by atoms with Crippen LogP contribution in [0.3, 0.4) is 0 Å². The summed E-state index contributed by atoms with van der Waals surface area (Å²) in [5.74, 6) is -4.13. The molecule has 0 amide bonds. The molecule has 0 heterocycles. The third kappa shape index (κ3) is 2.25. The summed E-state index contributed by atoms with van der Waals surface area (Å²) >= 11 is 0. The second kappa shape index (κ2) is 4.13. The highest BCUT2D eigenvalue weighted by molar-refractivity contribution is 5.23. The quantitative estimate of drug-likeness (QED) is 0.688. The Labute approximate surface area is 85.9 Å². The minimum absolute atomic E-state index is 0.0227. The van der Waals surface area contributed by atoms with Crippen LogP contribution in [-0.2, 0) is 0 Å². The van der Waals surface area contributed by atoms with Crippen LogP contribution in [0.1, 0.15) is 25.7 Å². The second-order valence-corrected chi connectivity index (χ2v) is 3.63. The van der Waals surface area contributed by atoms with Gasteiger partial charge in [0.25, 0.3) is 0 Å². The van der Waals surface area contributed by atoms with Gasteiger partial charge in [-0.1, -0.05) is 0 Å². The number of hydrogen-bond donors (Lipinski definition) is 0. The molecule has 0 spiro atoms. The van der Waals surface area contributed by atoms with Gasteiger partial charge >= 0.3 is 0 Å². The van der Waals surface area contributed by atoms with E-state index in [9.17, 15) is 13.2 Å². The summed E-state index contributed by atoms with van der Waals surface area (Å²) in [4.78, 5) is 0. The largest absolute Gasteiger partial charge is 0.490 e. The van der Waals surface area contributed by atoms with Gasteiger partial charge in [0, 0.05) is 6.07 Å². The van der Waals surface area contributed by atoms with E-state index >= 15 is 0 Å². The van der Waals surface area contributed by atoms with E-state index in [4.69, 9.17) is 4.74 Å². The summed E-state index contributed by atoms with van der Waals surface area (Å²) in [5, 5.41) is 0. The van der Waals surface area contributed by atoms with Crippen molar-refractivity contribution < 1.29 is 17.9 Å². The minimum Gasteiger partial charge on any atom is -0.490 e. The number of halogens is 3. The monoisotopic (exact) mass is 215 g/mol. The fourth-order valence-corrected chi connectivity index (χ4v) is 1.73. The number of hydrogen-bond acceptors (Lipinski definition) is 1. The van der Waals surface area contributed by atoms with E-state index in [0.717, 1.165) is 31.7 Å². The van der Waals surface area contributed by atoms with E-state index in [2.05, 4.69) is 0 Å². The predicted octanol–water partition coefficient (Wildman–Crippen LogP) is 3.23. The lowest BCUT2D eigenvalue weighted by Gasteiger charge is -2.12. The predicted molar refractivity (Wildman–Crippen MR) is 48.0 cm³/mol. The van der Waals surface area contributed by atoms with E-state index in [1.807, 2.05) is 6.07 Å². The van der Waals surface area contributed by atoms with Gasteiger partial charge in [0.2, 0.25) is 0 Å². The molecule has 1 aliphatic carbocycles. The van der Waals surface area contributed by atoms with Crippen molar-refractivity contribution in [1.82, 2.24) is 0 Å². The van der Waals surface area contributed by atoms with E-state index < -0.39 is 17.5 Å². The average Bonchev–Trinajstić information content (AvgIpc) is 2.66. The molecule has 1 aliphatic rings. The fraction of sp³-hybridized carbons (Fsp3) is 0.455. The van der Waals surface area contributed by atoms with Crippen molar-refractivity contribution >= 4 is 0 Å². The van der Waals surface area contributed by atoms with Gasteiger partial charge < -0.3 is 4.74 Å². The van der Waals surface area contributed by atoms with Crippen molar-refractivity contribution in [2.24, 2.45) is 0 Å². The summed E-state index contributed by atoms with van der Waals surface area (Å²) in [6.45, 7) is 0. The Morgan fingerprint density at radius 3 is 2.47 bits per heavy atom. The first-order valence-electron chi connectivity index (χ1n) is 4.90. The van der Waals surface area contributed by atoms with Gasteiger partial charge in [-0.3, -0.25) is 0 Å². The number of rotatable bonds is 2. The Morgan fingerprint density at radius 2 is 1.87 bits per heavy atom. The molecule has 0 unspecified atom stereocenters. The standard InChI is InChI=1S/C11H10F3O/c12-9-5-8(6-10(13)11(9)14)15-7-3-1-2-4-7/h5,7H,1-4H2. The lowest BCUT2D eigenvalue weighted by Crippen LogP contribution is -2.11. The van der Waals surface area contributed by atoms with E-state index in [-0.39, 0.29) is 11.9 Å². The summed E-state index contributed by atoms with van der Waals surface area (Å²) in [7, 11) is 0. The molecule has 1 aromatic carbocycles. The molecule has 1 saturated carbocycles. The zero-order chi connectivity index (χ0) is 10.8. The smallest absolute Gasteiger partial charge is 0.195 e. The maximum atomic E-state index is 12.8. The molecule has 81 valence electrons. The molecule has 0 bridgehead atoms. The Morgan fingerprint density at radius 1 is 1.20 bits per heavy atom. The van der Waals surface area contributed by atoms with Crippen molar-refractivity contribution in [1.29, 1.82) is 0 Å². The molecule has 1 nitrogen and oxygen atoms in total. The van der Waals surface area contributed by atoms with Crippen LogP contribution < -0.4 is 4.74 Å². The van der Waals surface area contributed by atoms with Crippen LogP contribution >= 0.6 is 0 Å². The Balaban J connectivity index is 2.14. The van der Waals surface area contributed by atoms with Crippen LogP contribution in [0, 0.1) is 23.5 Å². The van der Waals surface area contributed by atoms with Crippen molar-refractivity contribution in [2.75, 3.05) is 0 Å². The molecular formula is C11H10F3O. The first kappa shape index (κ1) is 10.3. The van der Waals surface area contributed by atoms with Crippen molar-refractivity contribution in [3.63, 3.8) is 0 Å². The molecule has 15 heavy (non-hydrogen) atoms. The van der Waals surface area contributed by atoms with Crippen LogP contribution in [0.5, 0.6) is 5.75 Å². The molecule has 0 N–H and O–H groups in total. The van der Waals surface area contributed by atoms with Crippen LogP contribution in [0.2, 0.25) is 0 Å². The van der Waals surface area contributed by atoms with Gasteiger partial charge in [-0.15, -0.1) is 0 Å². The van der Waals surface area contributed by atoms with Crippen LogP contribution in [0.15, 0.2) is 6.07 Å². The lowest BCUT2D eigenvalue weighted by molar-refractivity contribution is 0.206. The average molecular weight is 215 g/mol. The molecule has 0 aromatic heterocycles. The SMILES string of the molecule is Fc1[c]c(OC2CCCC2)cc(F)c1F. The molecule has 0 atom stereocenters. The minimum atomic E-state index is -1.51. The number of benzene rings is 1. The summed E-state index contributed by atoms with van der Waals surface area (Å²) in [6, 6.07) is 2.87. The van der Waals surface area contributed by atoms with Gasteiger partial charge in [-0.05, 0) is 25.7 Å².